The molecule has 11 aromatic rings. The third-order valence-electron chi connectivity index (χ3n) is 16.5. The molecule has 4 aromatic heterocycles. The first-order valence-corrected chi connectivity index (χ1v) is 33.9. The van der Waals surface area contributed by atoms with Crippen LogP contribution in [-0.2, 0) is 12.8 Å². The van der Waals surface area contributed by atoms with Gasteiger partial charge in [-0.3, -0.25) is 63.4 Å². The van der Waals surface area contributed by atoms with Crippen molar-refractivity contribution in [2.45, 2.75) is 92.9 Å². The third kappa shape index (κ3) is 18.9. The van der Waals surface area contributed by atoms with Gasteiger partial charge < -0.3 is 10.9 Å². The van der Waals surface area contributed by atoms with E-state index in [4.69, 9.17) is 22.5 Å². The summed E-state index contributed by atoms with van der Waals surface area (Å²) in [5.74, 6) is 3.01. The van der Waals surface area contributed by atoms with Crippen molar-refractivity contribution in [3.63, 3.8) is 0 Å². The molecule has 0 saturated carbocycles. The summed E-state index contributed by atoms with van der Waals surface area (Å²) in [5.41, 5.74) is 21.7. The Morgan fingerprint density at radius 1 is 0.430 bits per heavy atom. The van der Waals surface area contributed by atoms with E-state index in [1.807, 2.05) is 132 Å². The van der Waals surface area contributed by atoms with Crippen LogP contribution >= 0.6 is 11.6 Å². The summed E-state index contributed by atoms with van der Waals surface area (Å²) in [6.07, 6.45) is 13.0. The molecule has 512 valence electrons. The molecule has 0 aliphatic carbocycles. The number of benzene rings is 7. The molecule has 0 spiro atoms. The molecule has 3 aliphatic rings. The first-order chi connectivity index (χ1) is 48.5. The van der Waals surface area contributed by atoms with E-state index in [1.54, 1.807) is 78.9 Å². The number of halogens is 1. The van der Waals surface area contributed by atoms with Gasteiger partial charge in [0.1, 0.15) is 0 Å². The number of hydrazine groups is 1. The molecule has 14 rings (SSSR count). The van der Waals surface area contributed by atoms with Crippen molar-refractivity contribution in [3.8, 4) is 0 Å². The zero-order valence-electron chi connectivity index (χ0n) is 57.5. The van der Waals surface area contributed by atoms with Gasteiger partial charge in [-0.2, -0.15) is 0 Å². The first-order valence-electron chi connectivity index (χ1n) is 33.6. The Morgan fingerprint density at radius 3 is 1.14 bits per heavy atom. The highest BCUT2D eigenvalue weighted by Gasteiger charge is 2.36. The van der Waals surface area contributed by atoms with E-state index in [2.05, 4.69) is 75.7 Å². The molecule has 0 atom stereocenters. The molecule has 0 fully saturated rings. The van der Waals surface area contributed by atoms with E-state index >= 15 is 0 Å². The number of carbonyl (C=O) groups excluding carboxylic acids is 6. The molecule has 6 N–H and O–H groups in total. The van der Waals surface area contributed by atoms with Crippen molar-refractivity contribution in [3.05, 3.63) is 291 Å². The van der Waals surface area contributed by atoms with Gasteiger partial charge in [0.2, 0.25) is 0 Å². The molecule has 7 heterocycles. The molecule has 3 aliphatic heterocycles. The topological polar surface area (TPSA) is 248 Å². The van der Waals surface area contributed by atoms with Crippen LogP contribution < -0.4 is 17.2 Å². The number of nitrogens with one attached hydrogen (secondary N) is 1. The van der Waals surface area contributed by atoms with Gasteiger partial charge in [-0.15, -0.1) is 12.2 Å². The molecule has 17 nitrogen and oxygen atoms in total. The highest BCUT2D eigenvalue weighted by molar-refractivity contribution is 6.35. The van der Waals surface area contributed by atoms with E-state index in [0.717, 1.165) is 111 Å². The van der Waals surface area contributed by atoms with Crippen LogP contribution in [0, 0.1) is 27.7 Å². The average Bonchev–Trinajstić information content (AvgIpc) is 1.73. The van der Waals surface area contributed by atoms with Crippen molar-refractivity contribution in [2.75, 3.05) is 26.2 Å². The van der Waals surface area contributed by atoms with Crippen LogP contribution in [0.4, 0.5) is 0 Å². The van der Waals surface area contributed by atoms with E-state index in [9.17, 15) is 28.8 Å². The van der Waals surface area contributed by atoms with Crippen LogP contribution in [0.5, 0.6) is 0 Å². The number of nitrogens with two attached hydrogens (primary N) is 2. The second-order valence-corrected chi connectivity index (χ2v) is 23.9. The van der Waals surface area contributed by atoms with Crippen molar-refractivity contribution in [1.29, 1.82) is 0 Å². The van der Waals surface area contributed by atoms with Gasteiger partial charge in [0, 0.05) is 64.0 Å². The van der Waals surface area contributed by atoms with Crippen molar-refractivity contribution in [2.24, 2.45) is 11.6 Å². The Kier molecular flexibility index (Phi) is 27.9. The molecular formula is C82H85ClN10O7. The number of aryl methyl sites for hydroxylation is 6. The number of pyridine rings is 4. The van der Waals surface area contributed by atoms with Crippen LogP contribution in [0.2, 0.25) is 5.02 Å². The van der Waals surface area contributed by atoms with Gasteiger partial charge in [0.15, 0.2) is 0 Å². The normalized spacial score (nSPS) is 12.5. The lowest BCUT2D eigenvalue weighted by atomic mass is 10.0. The maximum atomic E-state index is 12.4. The first kappa shape index (κ1) is 75.0. The van der Waals surface area contributed by atoms with Gasteiger partial charge in [0.25, 0.3) is 35.4 Å². The molecule has 7 aromatic carbocycles. The van der Waals surface area contributed by atoms with Crippen LogP contribution in [-0.4, -0.2) is 101 Å². The van der Waals surface area contributed by atoms with E-state index in [-0.39, 0.29) is 35.4 Å². The number of hydrogen-bond acceptors (Lipinski definition) is 14. The summed E-state index contributed by atoms with van der Waals surface area (Å²) >= 11 is 6.02. The third-order valence-corrected chi connectivity index (χ3v) is 16.8. The monoisotopic (exact) mass is 1360 g/mol. The van der Waals surface area contributed by atoms with Crippen molar-refractivity contribution in [1.82, 2.24) is 40.2 Å². The van der Waals surface area contributed by atoms with E-state index in [0.29, 0.717) is 65.9 Å². The van der Waals surface area contributed by atoms with Crippen molar-refractivity contribution < 1.29 is 34.0 Å². The zero-order valence-corrected chi connectivity index (χ0v) is 58.2. The highest BCUT2D eigenvalue weighted by atomic mass is 35.5. The summed E-state index contributed by atoms with van der Waals surface area (Å²) in [6.45, 7) is 17.6. The second kappa shape index (κ2) is 37.2. The lowest BCUT2D eigenvalue weighted by molar-refractivity contribution is 0.0638. The van der Waals surface area contributed by atoms with E-state index < -0.39 is 0 Å². The Balaban J connectivity index is 0.000000161. The lowest BCUT2D eigenvalue weighted by Gasteiger charge is -2.14. The largest absolute Gasteiger partial charge is 0.330 e. The average molecular weight is 1360 g/mol. The number of aromatic nitrogens is 4. The number of unbranched alkanes of at least 4 members (excludes halogenated alkanes) is 2. The summed E-state index contributed by atoms with van der Waals surface area (Å²) in [5, 5.41) is 12.4. The van der Waals surface area contributed by atoms with E-state index in [1.165, 1.54) is 42.2 Å². The molecule has 0 bridgehead atoms. The Bertz CT molecular complexity index is 4660. The molecule has 6 amide bonds. The number of rotatable bonds is 16. The maximum Gasteiger partial charge on any atom is 0.261 e. The summed E-state index contributed by atoms with van der Waals surface area (Å²) < 4.78 is 0. The highest BCUT2D eigenvalue weighted by Crippen LogP contribution is 2.28. The second-order valence-electron chi connectivity index (χ2n) is 23.5. The standard InChI is InChI=1S/C22H20N2O2.C22H18N2O2.C14H18N2.C12H11NO2.C10H8ClN.C2H6.H4N2O/c2*1-15-14-16(17-9-4-5-12-20(17)23-15)8-6-7-13-24-21(25)18-10-2-3-11-19(18)22(24)26;1-11-10-12(6-4-5-9-15)13-7-2-3-8-14(13)16-11;1-2-3-8-13-11(14)9-6-4-5-7-10(9)12(13)15;1-7-6-9(11)8-4-2-3-5-10(8)12-7;1-2;1-2-3/h2-5,9-12,14H,6-8,13H2,1H3;2-6,8-12,14H,7,13H2,1H3;2-3,7-8,10H,4-6,9,15H2,1H3;2,4-7H,1,3,8H2;2-6H,1H3;1-2H3;2-3H,1H2/b;8-6+;;;;;. The Labute approximate surface area is 589 Å². The number of para-hydroxylation sites is 4. The quantitative estimate of drug-likeness (QED) is 0.0231. The fourth-order valence-electron chi connectivity index (χ4n) is 11.9. The van der Waals surface area contributed by atoms with Crippen molar-refractivity contribution >= 4 is 96.7 Å². The molecule has 0 unspecified atom stereocenters. The number of fused-ring (bicyclic) bond motifs is 7. The number of hydrogen-bond donors (Lipinski definition) is 4. The molecule has 100 heavy (non-hydrogen) atoms. The SMILES string of the molecule is C=CCCN1C(=O)c2ccccc2C1=O.CC.Cc1cc(/C=C/CCN2C(=O)c3ccccc3C2=O)c2ccccc2n1.Cc1cc(CCCCN)c2ccccc2n1.Cc1cc(CCCCN2C(=O)c3ccccc3C2=O)c2ccccc2n1.Cc1cc(Cl)c2ccccc2n1.NNO. The summed E-state index contributed by atoms with van der Waals surface area (Å²) in [4.78, 5) is 95.0. The number of nitrogens with zero attached hydrogens (tertiary/aromatic N) is 7. The smallest absolute Gasteiger partial charge is 0.261 e. The minimum atomic E-state index is -0.204. The lowest BCUT2D eigenvalue weighted by Crippen LogP contribution is -2.30. The van der Waals surface area contributed by atoms with Crippen LogP contribution in [0.3, 0.4) is 0 Å². The van der Waals surface area contributed by atoms with Gasteiger partial charge in [-0.05, 0) is 187 Å². The maximum absolute atomic E-state index is 12.4. The molecule has 0 radical (unpaired) electrons. The minimum absolute atomic E-state index is 0.171. The Hall–Kier alpha value is -10.8. The molecule has 0 saturated heterocycles. The fraction of sp³-hybridized carbons (Fsp3) is 0.220. The van der Waals surface area contributed by atoms with Gasteiger partial charge in [-0.1, -0.05) is 153 Å². The number of imide groups is 3. The molecule has 18 heteroatoms. The van der Waals surface area contributed by atoms with Crippen LogP contribution in [0.15, 0.2) is 213 Å². The van der Waals surface area contributed by atoms with Crippen LogP contribution in [0.1, 0.15) is 154 Å². The predicted octanol–water partition coefficient (Wildman–Crippen LogP) is 16.1. The van der Waals surface area contributed by atoms with Gasteiger partial charge in [0.05, 0.1) is 60.5 Å². The van der Waals surface area contributed by atoms with Crippen LogP contribution in [0.25, 0.3) is 49.7 Å². The summed E-state index contributed by atoms with van der Waals surface area (Å²) in [7, 11) is 0. The predicted molar refractivity (Wildman–Crippen MR) is 400 cm³/mol. The molecular weight excluding hydrogens is 1270 g/mol. The zero-order chi connectivity index (χ0) is 71.7. The Morgan fingerprint density at radius 2 is 0.740 bits per heavy atom. The van der Waals surface area contributed by atoms with Gasteiger partial charge in [-0.25, -0.2) is 5.84 Å². The minimum Gasteiger partial charge on any atom is -0.330 e. The fourth-order valence-corrected chi connectivity index (χ4v) is 12.3. The summed E-state index contributed by atoms with van der Waals surface area (Å²) in [6, 6.07) is 61.6. The number of amides is 6. The number of carbonyl (C=O) groups is 6. The van der Waals surface area contributed by atoms with Gasteiger partial charge >= 0.3 is 0 Å².